The first-order valence-corrected chi connectivity index (χ1v) is 7.48. The average molecular weight is 322 g/mol. The summed E-state index contributed by atoms with van der Waals surface area (Å²) in [5.41, 5.74) is 4.91. The first kappa shape index (κ1) is 14.4. The molecule has 0 aliphatic carbocycles. The van der Waals surface area contributed by atoms with Gasteiger partial charge in [0.2, 0.25) is 0 Å². The molecule has 0 spiro atoms. The summed E-state index contributed by atoms with van der Waals surface area (Å²) in [5, 5.41) is 1.14. The second-order valence-electron chi connectivity index (χ2n) is 4.96. The molecule has 0 amide bonds. The van der Waals surface area contributed by atoms with E-state index in [4.69, 9.17) is 10.8 Å². The molecule has 0 radical (unpaired) electrons. The topological polar surface area (TPSA) is 50.9 Å². The van der Waals surface area contributed by atoms with E-state index in [-0.39, 0.29) is 6.04 Å². The highest BCUT2D eigenvalue weighted by molar-refractivity contribution is 9.10. The van der Waals surface area contributed by atoms with Gasteiger partial charge in [-0.25, -0.2) is 4.98 Å². The molecule has 1 aromatic carbocycles. The van der Waals surface area contributed by atoms with Crippen LogP contribution in [0.3, 0.4) is 0 Å². The molecular formula is C15H20BrN3. The Morgan fingerprint density at radius 2 is 2.11 bits per heavy atom. The number of aromatic nitrogens is 1. The van der Waals surface area contributed by atoms with E-state index in [9.17, 15) is 0 Å². The van der Waals surface area contributed by atoms with Gasteiger partial charge in [0.15, 0.2) is 0 Å². The Kier molecular flexibility index (Phi) is 4.91. The number of halogens is 1. The van der Waals surface area contributed by atoms with Crippen molar-refractivity contribution >= 4 is 26.8 Å². The molecule has 1 heterocycles. The van der Waals surface area contributed by atoms with Crippen molar-refractivity contribution in [3.8, 4) is 0 Å². The number of nitrogens with two attached hydrogens (primary N) is 1. The molecule has 2 unspecified atom stereocenters. The fraction of sp³-hybridized carbons (Fsp3) is 0.400. The molecule has 2 atom stereocenters. The largest absolute Gasteiger partial charge is 0.271 e. The summed E-state index contributed by atoms with van der Waals surface area (Å²) >= 11 is 3.62. The number of para-hydroxylation sites is 1. The van der Waals surface area contributed by atoms with Gasteiger partial charge in [-0.2, -0.15) is 0 Å². The lowest BCUT2D eigenvalue weighted by molar-refractivity contribution is 0.361. The minimum atomic E-state index is 0.0685. The van der Waals surface area contributed by atoms with E-state index < -0.39 is 0 Å². The minimum Gasteiger partial charge on any atom is -0.271 e. The molecule has 0 saturated heterocycles. The van der Waals surface area contributed by atoms with Crippen LogP contribution in [-0.2, 0) is 0 Å². The summed E-state index contributed by atoms with van der Waals surface area (Å²) in [7, 11) is 0. The number of fused-ring (bicyclic) bond motifs is 1. The lowest BCUT2D eigenvalue weighted by Crippen LogP contribution is -2.33. The first-order chi connectivity index (χ1) is 9.17. The number of nitrogens with zero attached hydrogens (tertiary/aromatic N) is 1. The van der Waals surface area contributed by atoms with Gasteiger partial charge in [-0.3, -0.25) is 11.3 Å². The summed E-state index contributed by atoms with van der Waals surface area (Å²) in [4.78, 5) is 4.76. The van der Waals surface area contributed by atoms with Crippen LogP contribution < -0.4 is 11.3 Å². The van der Waals surface area contributed by atoms with Crippen molar-refractivity contribution in [1.29, 1.82) is 0 Å². The highest BCUT2D eigenvalue weighted by Gasteiger charge is 2.21. The summed E-state index contributed by atoms with van der Waals surface area (Å²) in [6.07, 6.45) is 2.26. The van der Waals surface area contributed by atoms with Gasteiger partial charge in [0.05, 0.1) is 17.3 Å². The van der Waals surface area contributed by atoms with Gasteiger partial charge in [0, 0.05) is 9.86 Å². The van der Waals surface area contributed by atoms with Crippen LogP contribution >= 0.6 is 15.9 Å². The molecule has 0 aliphatic rings. The third kappa shape index (κ3) is 3.14. The monoisotopic (exact) mass is 321 g/mol. The molecule has 0 bridgehead atoms. The molecule has 1 aromatic heterocycles. The first-order valence-electron chi connectivity index (χ1n) is 6.68. The van der Waals surface area contributed by atoms with E-state index in [1.807, 2.05) is 18.2 Å². The van der Waals surface area contributed by atoms with Crippen molar-refractivity contribution in [3.63, 3.8) is 0 Å². The maximum absolute atomic E-state index is 5.74. The van der Waals surface area contributed by atoms with Gasteiger partial charge >= 0.3 is 0 Å². The van der Waals surface area contributed by atoms with Gasteiger partial charge in [-0.15, -0.1) is 0 Å². The van der Waals surface area contributed by atoms with Gasteiger partial charge in [-0.05, 0) is 40.4 Å². The molecular weight excluding hydrogens is 302 g/mol. The highest BCUT2D eigenvalue weighted by Crippen LogP contribution is 2.31. The normalized spacial score (nSPS) is 14.5. The summed E-state index contributed by atoms with van der Waals surface area (Å²) in [6.45, 7) is 4.39. The Balaban J connectivity index is 2.44. The zero-order valence-corrected chi connectivity index (χ0v) is 12.9. The minimum absolute atomic E-state index is 0.0685. The Morgan fingerprint density at radius 3 is 2.79 bits per heavy atom. The highest BCUT2D eigenvalue weighted by atomic mass is 79.9. The van der Waals surface area contributed by atoms with Crippen LogP contribution in [0.25, 0.3) is 10.9 Å². The molecule has 2 rings (SSSR count). The van der Waals surface area contributed by atoms with Crippen molar-refractivity contribution < 1.29 is 0 Å². The Labute approximate surface area is 122 Å². The van der Waals surface area contributed by atoms with Crippen molar-refractivity contribution in [2.75, 3.05) is 0 Å². The van der Waals surface area contributed by atoms with Gasteiger partial charge in [0.1, 0.15) is 0 Å². The third-order valence-electron chi connectivity index (χ3n) is 3.49. The van der Waals surface area contributed by atoms with Crippen molar-refractivity contribution in [2.45, 2.75) is 32.7 Å². The summed E-state index contributed by atoms with van der Waals surface area (Å²) < 4.78 is 1.01. The van der Waals surface area contributed by atoms with Gasteiger partial charge < -0.3 is 0 Å². The Bertz CT molecular complexity index is 556. The molecule has 102 valence electrons. The second kappa shape index (κ2) is 6.46. The van der Waals surface area contributed by atoms with Crippen LogP contribution in [0.2, 0.25) is 0 Å². The number of pyridine rings is 1. The van der Waals surface area contributed by atoms with Crippen LogP contribution in [0.4, 0.5) is 0 Å². The quantitative estimate of drug-likeness (QED) is 0.647. The van der Waals surface area contributed by atoms with Crippen LogP contribution in [0.1, 0.15) is 38.4 Å². The molecule has 0 saturated carbocycles. The van der Waals surface area contributed by atoms with Gasteiger partial charge in [0.25, 0.3) is 0 Å². The Hall–Kier alpha value is -0.970. The van der Waals surface area contributed by atoms with Gasteiger partial charge in [-0.1, -0.05) is 38.5 Å². The number of hydrazine groups is 1. The predicted octanol–water partition coefficient (Wildman–Crippen LogP) is 3.94. The van der Waals surface area contributed by atoms with E-state index >= 15 is 0 Å². The average Bonchev–Trinajstić information content (AvgIpc) is 2.40. The third-order valence-corrected chi connectivity index (χ3v) is 4.13. The summed E-state index contributed by atoms with van der Waals surface area (Å²) in [5.74, 6) is 6.18. The number of rotatable bonds is 5. The lowest BCUT2D eigenvalue weighted by atomic mass is 9.94. The molecule has 4 heteroatoms. The molecule has 19 heavy (non-hydrogen) atoms. The van der Waals surface area contributed by atoms with E-state index in [0.717, 1.165) is 33.9 Å². The summed E-state index contributed by atoms with van der Waals surface area (Å²) in [6, 6.07) is 10.3. The molecule has 0 aliphatic heterocycles. The van der Waals surface area contributed by atoms with Crippen molar-refractivity contribution in [1.82, 2.24) is 10.4 Å². The van der Waals surface area contributed by atoms with Crippen LogP contribution in [0, 0.1) is 5.92 Å². The molecule has 2 aromatic rings. The maximum atomic E-state index is 5.74. The van der Waals surface area contributed by atoms with E-state index in [0.29, 0.717) is 5.92 Å². The molecule has 3 nitrogen and oxygen atoms in total. The Morgan fingerprint density at radius 1 is 1.37 bits per heavy atom. The SMILES string of the molecule is CCCC(C)C(NN)c1nc2ccccc2cc1Br. The fourth-order valence-electron chi connectivity index (χ4n) is 2.46. The number of benzene rings is 1. The van der Waals surface area contributed by atoms with Crippen LogP contribution in [0.5, 0.6) is 0 Å². The van der Waals surface area contributed by atoms with E-state index in [1.165, 1.54) is 0 Å². The number of nitrogens with one attached hydrogen (secondary N) is 1. The second-order valence-corrected chi connectivity index (χ2v) is 5.81. The van der Waals surface area contributed by atoms with E-state index in [1.54, 1.807) is 0 Å². The van der Waals surface area contributed by atoms with Crippen LogP contribution in [-0.4, -0.2) is 4.98 Å². The maximum Gasteiger partial charge on any atom is 0.0738 e. The number of hydrogen-bond acceptors (Lipinski definition) is 3. The smallest absolute Gasteiger partial charge is 0.0738 e. The number of hydrogen-bond donors (Lipinski definition) is 2. The standard InChI is InChI=1S/C15H20BrN3/c1-3-6-10(2)14(19-17)15-12(16)9-11-7-4-5-8-13(11)18-15/h4-5,7-10,14,19H,3,6,17H2,1-2H3. The zero-order chi connectivity index (χ0) is 13.8. The molecule has 0 fully saturated rings. The van der Waals surface area contributed by atoms with Crippen molar-refractivity contribution in [3.05, 3.63) is 40.5 Å². The predicted molar refractivity (Wildman–Crippen MR) is 83.6 cm³/mol. The lowest BCUT2D eigenvalue weighted by Gasteiger charge is -2.23. The molecule has 3 N–H and O–H groups in total. The fourth-order valence-corrected chi connectivity index (χ4v) is 3.04. The van der Waals surface area contributed by atoms with Crippen LogP contribution in [0.15, 0.2) is 34.8 Å². The van der Waals surface area contributed by atoms with Crippen molar-refractivity contribution in [2.24, 2.45) is 11.8 Å². The zero-order valence-electron chi connectivity index (χ0n) is 11.4. The van der Waals surface area contributed by atoms with E-state index in [2.05, 4.69) is 47.3 Å².